The van der Waals surface area contributed by atoms with Gasteiger partial charge in [0.25, 0.3) is 6.47 Å². The molecule has 1 aliphatic carbocycles. The molecule has 0 bridgehead atoms. The average molecular weight is 407 g/mol. The van der Waals surface area contributed by atoms with Crippen LogP contribution in [0.3, 0.4) is 0 Å². The van der Waals surface area contributed by atoms with E-state index in [4.69, 9.17) is 9.84 Å². The Morgan fingerprint density at radius 1 is 1.10 bits per heavy atom. The summed E-state index contributed by atoms with van der Waals surface area (Å²) in [7, 11) is 0. The van der Waals surface area contributed by atoms with Crippen LogP contribution in [0.25, 0.3) is 0 Å². The molecule has 1 aromatic carbocycles. The third-order valence-electron chi connectivity index (χ3n) is 6.01. The molecule has 2 rings (SSSR count). The molecule has 1 aromatic rings. The largest absolute Gasteiger partial charge is 0.504 e. The lowest BCUT2D eigenvalue weighted by Crippen LogP contribution is -2.23. The number of carbonyl (C=O) groups excluding carboxylic acids is 1. The smallest absolute Gasteiger partial charge is 0.309 e. The van der Waals surface area contributed by atoms with Crippen LogP contribution in [0, 0.1) is 5.41 Å². The summed E-state index contributed by atoms with van der Waals surface area (Å²) in [5.74, 6) is -0.911. The van der Waals surface area contributed by atoms with E-state index in [0.29, 0.717) is 19.3 Å². The van der Waals surface area contributed by atoms with Crippen molar-refractivity contribution in [3.8, 4) is 11.5 Å². The van der Waals surface area contributed by atoms with Crippen molar-refractivity contribution in [1.29, 1.82) is 0 Å². The number of aryl methyl sites for hydroxylation is 2. The second-order valence-corrected chi connectivity index (χ2v) is 8.98. The van der Waals surface area contributed by atoms with Crippen molar-refractivity contribution in [3.05, 3.63) is 23.3 Å². The minimum atomic E-state index is -0.768. The van der Waals surface area contributed by atoms with Crippen molar-refractivity contribution in [3.63, 3.8) is 0 Å². The van der Waals surface area contributed by atoms with E-state index in [-0.39, 0.29) is 17.1 Å². The molecule has 0 heterocycles. The van der Waals surface area contributed by atoms with Gasteiger partial charge < -0.3 is 20.1 Å². The lowest BCUT2D eigenvalue weighted by atomic mass is 9.87. The average Bonchev–Trinajstić information content (AvgIpc) is 3.42. The van der Waals surface area contributed by atoms with Gasteiger partial charge >= 0.3 is 5.97 Å². The molecule has 0 saturated heterocycles. The van der Waals surface area contributed by atoms with Crippen molar-refractivity contribution < 1.29 is 29.6 Å². The highest BCUT2D eigenvalue weighted by Crippen LogP contribution is 2.43. The Morgan fingerprint density at radius 3 is 2.41 bits per heavy atom. The Kier molecular flexibility index (Phi) is 7.94. The van der Waals surface area contributed by atoms with Crippen LogP contribution >= 0.6 is 0 Å². The van der Waals surface area contributed by atoms with Crippen molar-refractivity contribution >= 4 is 12.4 Å². The number of hydrogen-bond acceptors (Lipinski definition) is 5. The summed E-state index contributed by atoms with van der Waals surface area (Å²) in [6, 6.07) is 3.56. The fraction of sp³-hybridized carbons (Fsp3) is 0.652. The molecule has 1 saturated carbocycles. The van der Waals surface area contributed by atoms with Gasteiger partial charge in [0.2, 0.25) is 0 Å². The van der Waals surface area contributed by atoms with E-state index < -0.39 is 11.4 Å². The summed E-state index contributed by atoms with van der Waals surface area (Å²) in [5.41, 5.74) is 0.784. The number of phenolic OH excluding ortho intramolecular Hbond substituents is 2. The van der Waals surface area contributed by atoms with E-state index >= 15 is 0 Å². The molecule has 1 aliphatic rings. The quantitative estimate of drug-likeness (QED) is 0.234. The molecular formula is C23H34O6. The van der Waals surface area contributed by atoms with Crippen LogP contribution in [-0.4, -0.2) is 33.4 Å². The van der Waals surface area contributed by atoms with Crippen LogP contribution in [0.15, 0.2) is 12.1 Å². The normalized spacial score (nSPS) is 15.1. The van der Waals surface area contributed by atoms with Gasteiger partial charge in [-0.05, 0) is 88.8 Å². The highest BCUT2D eigenvalue weighted by molar-refractivity contribution is 5.73. The van der Waals surface area contributed by atoms with Gasteiger partial charge in [0.05, 0.1) is 5.41 Å². The predicted octanol–water partition coefficient (Wildman–Crippen LogP) is 4.73. The predicted molar refractivity (Wildman–Crippen MR) is 110 cm³/mol. The molecule has 0 aromatic heterocycles. The van der Waals surface area contributed by atoms with E-state index in [2.05, 4.69) is 0 Å². The first-order valence-electron chi connectivity index (χ1n) is 10.6. The summed E-state index contributed by atoms with van der Waals surface area (Å²) < 4.78 is 5.15. The molecule has 1 fully saturated rings. The highest BCUT2D eigenvalue weighted by Gasteiger charge is 2.44. The first kappa shape index (κ1) is 23.0. The van der Waals surface area contributed by atoms with E-state index in [1.807, 2.05) is 6.07 Å². The zero-order valence-electron chi connectivity index (χ0n) is 17.6. The van der Waals surface area contributed by atoms with Crippen molar-refractivity contribution in [2.75, 3.05) is 0 Å². The van der Waals surface area contributed by atoms with E-state index in [0.717, 1.165) is 68.9 Å². The number of aromatic hydroxyl groups is 2. The minimum absolute atomic E-state index is 0.0535. The molecular weight excluding hydrogens is 372 g/mol. The summed E-state index contributed by atoms with van der Waals surface area (Å²) in [6.45, 7) is 4.02. The fourth-order valence-corrected chi connectivity index (χ4v) is 3.69. The van der Waals surface area contributed by atoms with Gasteiger partial charge in [0, 0.05) is 0 Å². The molecule has 162 valence electrons. The molecule has 0 aliphatic heterocycles. The fourth-order valence-electron chi connectivity index (χ4n) is 3.69. The van der Waals surface area contributed by atoms with Gasteiger partial charge in [0.15, 0.2) is 11.5 Å². The first-order valence-corrected chi connectivity index (χ1v) is 10.6. The Morgan fingerprint density at radius 2 is 1.79 bits per heavy atom. The van der Waals surface area contributed by atoms with Crippen LogP contribution in [0.1, 0.15) is 82.8 Å². The number of phenols is 2. The molecule has 29 heavy (non-hydrogen) atoms. The Bertz CT molecular complexity index is 706. The molecule has 6 heteroatoms. The molecule has 3 N–H and O–H groups in total. The first-order chi connectivity index (χ1) is 13.7. The summed E-state index contributed by atoms with van der Waals surface area (Å²) in [5, 5.41) is 29.3. The van der Waals surface area contributed by atoms with Crippen LogP contribution in [0.2, 0.25) is 0 Å². The van der Waals surface area contributed by atoms with Crippen molar-refractivity contribution in [1.82, 2.24) is 0 Å². The number of hydrogen-bond donors (Lipinski definition) is 3. The van der Waals surface area contributed by atoms with Crippen LogP contribution in [0.5, 0.6) is 11.5 Å². The lowest BCUT2D eigenvalue weighted by molar-refractivity contribution is -0.147. The van der Waals surface area contributed by atoms with E-state index in [9.17, 15) is 19.8 Å². The summed E-state index contributed by atoms with van der Waals surface area (Å²) in [6.07, 6.45) is 9.21. The van der Waals surface area contributed by atoms with Crippen molar-refractivity contribution in [2.24, 2.45) is 5.41 Å². The van der Waals surface area contributed by atoms with Gasteiger partial charge in [-0.1, -0.05) is 18.9 Å². The maximum absolute atomic E-state index is 11.1. The number of carbonyl (C=O) groups is 2. The van der Waals surface area contributed by atoms with Gasteiger partial charge in [-0.2, -0.15) is 0 Å². The topological polar surface area (TPSA) is 104 Å². The molecule has 0 radical (unpaired) electrons. The molecule has 6 nitrogen and oxygen atoms in total. The zero-order valence-corrected chi connectivity index (χ0v) is 17.6. The number of unbranched alkanes of at least 4 members (excludes halogenated alkanes) is 3. The number of aliphatic carboxylic acids is 1. The number of benzene rings is 1. The Labute approximate surface area is 172 Å². The third-order valence-corrected chi connectivity index (χ3v) is 6.01. The number of carboxylic acids is 1. The van der Waals surface area contributed by atoms with Gasteiger partial charge in [-0.25, -0.2) is 0 Å². The zero-order chi connectivity index (χ0) is 21.5. The van der Waals surface area contributed by atoms with Gasteiger partial charge in [-0.15, -0.1) is 0 Å². The maximum Gasteiger partial charge on any atom is 0.309 e. The second-order valence-electron chi connectivity index (χ2n) is 8.98. The van der Waals surface area contributed by atoms with E-state index in [1.165, 1.54) is 0 Å². The molecule has 0 atom stereocenters. The van der Waals surface area contributed by atoms with Crippen molar-refractivity contribution in [2.45, 2.75) is 90.1 Å². The van der Waals surface area contributed by atoms with Crippen LogP contribution < -0.4 is 0 Å². The summed E-state index contributed by atoms with van der Waals surface area (Å²) in [4.78, 5) is 21.7. The molecule has 0 amide bonds. The maximum atomic E-state index is 11.1. The SMILES string of the molecule is CC(C)(CCCCCc1cc(O)c(O)c(CCCCC2(OC=O)CC2)c1)C(=O)O. The molecule has 0 spiro atoms. The second kappa shape index (κ2) is 9.99. The van der Waals surface area contributed by atoms with E-state index in [1.54, 1.807) is 19.9 Å². The number of carboxylic acid groups (broad SMARTS) is 1. The number of ether oxygens (including phenoxy) is 1. The Balaban J connectivity index is 1.77. The standard InChI is InChI=1S/C23H34O6/c1-22(2,21(27)28)10-6-3-4-8-17-14-18(20(26)19(25)15-17)9-5-7-11-23(12-13-23)29-16-24/h14-16,25-26H,3-13H2,1-2H3,(H,27,28). The minimum Gasteiger partial charge on any atom is -0.504 e. The monoisotopic (exact) mass is 406 g/mol. The van der Waals surface area contributed by atoms with Gasteiger partial charge in [0.1, 0.15) is 5.60 Å². The van der Waals surface area contributed by atoms with Gasteiger partial charge in [-0.3, -0.25) is 9.59 Å². The van der Waals surface area contributed by atoms with Crippen LogP contribution in [-0.2, 0) is 27.2 Å². The van der Waals surface area contributed by atoms with Crippen LogP contribution in [0.4, 0.5) is 0 Å². The highest BCUT2D eigenvalue weighted by atomic mass is 16.5. The number of rotatable bonds is 14. The summed E-state index contributed by atoms with van der Waals surface area (Å²) >= 11 is 0. The third kappa shape index (κ3) is 6.94. The Hall–Kier alpha value is -2.24. The lowest BCUT2D eigenvalue weighted by Gasteiger charge is -2.18. The molecule has 0 unspecified atom stereocenters.